The molecule has 4 unspecified atom stereocenters. The molecule has 8 nitrogen and oxygen atoms in total. The largest absolute Gasteiger partial charge is 0.438 e. The molecule has 2 fully saturated rings. The van der Waals surface area contributed by atoms with Gasteiger partial charge in [-0.05, 0) is 0 Å². The Labute approximate surface area is 83.6 Å². The summed E-state index contributed by atoms with van der Waals surface area (Å²) >= 11 is 0. The van der Waals surface area contributed by atoms with Gasteiger partial charge in [0.2, 0.25) is 6.23 Å². The summed E-state index contributed by atoms with van der Waals surface area (Å²) in [6, 6.07) is 0. The minimum Gasteiger partial charge on any atom is -0.438 e. The van der Waals surface area contributed by atoms with Crippen molar-refractivity contribution >= 4 is 11.9 Å². The van der Waals surface area contributed by atoms with Gasteiger partial charge in [-0.15, -0.1) is 0 Å². The first-order chi connectivity index (χ1) is 7.00. The maximum absolute atomic E-state index is 11.1. The highest BCUT2D eigenvalue weighted by Crippen LogP contribution is 2.23. The molecule has 0 aromatic heterocycles. The van der Waals surface area contributed by atoms with E-state index in [2.05, 4.69) is 9.57 Å². The lowest BCUT2D eigenvalue weighted by Crippen LogP contribution is -2.65. The number of carbonyl (C=O) groups excluding carboxylic acids is 2. The van der Waals surface area contributed by atoms with Crippen molar-refractivity contribution in [2.45, 2.75) is 24.5 Å². The first-order valence-electron chi connectivity index (χ1n) is 4.24. The first kappa shape index (κ1) is 10.3. The van der Waals surface area contributed by atoms with E-state index in [0.29, 0.717) is 0 Å². The Morgan fingerprint density at radius 1 is 1.13 bits per heavy atom. The third-order valence-corrected chi connectivity index (χ3v) is 2.21. The number of hydrogen-bond donors (Lipinski definition) is 3. The van der Waals surface area contributed by atoms with Gasteiger partial charge < -0.3 is 24.9 Å². The fourth-order valence-corrected chi connectivity index (χ4v) is 1.27. The lowest BCUT2D eigenvalue weighted by Gasteiger charge is -2.43. The van der Waals surface area contributed by atoms with E-state index in [-0.39, 0.29) is 6.54 Å². The van der Waals surface area contributed by atoms with E-state index in [9.17, 15) is 9.59 Å². The van der Waals surface area contributed by atoms with Crippen molar-refractivity contribution in [2.24, 2.45) is 0 Å². The van der Waals surface area contributed by atoms with Crippen LogP contribution in [-0.2, 0) is 19.2 Å². The molecule has 0 bridgehead atoms. The van der Waals surface area contributed by atoms with E-state index < -0.39 is 36.5 Å². The van der Waals surface area contributed by atoms with Crippen molar-refractivity contribution < 1.29 is 34.5 Å². The fourth-order valence-electron chi connectivity index (χ4n) is 1.27. The van der Waals surface area contributed by atoms with Gasteiger partial charge in [0.05, 0.1) is 6.54 Å². The molecule has 0 amide bonds. The Bertz CT molecular complexity index is 306. The summed E-state index contributed by atoms with van der Waals surface area (Å²) in [5, 5.41) is 28.3. The second-order valence-corrected chi connectivity index (χ2v) is 3.29. The molecule has 4 atom stereocenters. The van der Waals surface area contributed by atoms with E-state index in [1.54, 1.807) is 0 Å². The number of esters is 1. The summed E-state index contributed by atoms with van der Waals surface area (Å²) in [7, 11) is 0. The molecular formula is C7H9NO7. The van der Waals surface area contributed by atoms with Gasteiger partial charge in [-0.1, -0.05) is 5.06 Å². The SMILES string of the molecule is O=C1OC2C(O)CN2OC(=O)C(O)C1O. The van der Waals surface area contributed by atoms with Crippen LogP contribution in [0.5, 0.6) is 0 Å². The Kier molecular flexibility index (Phi) is 2.35. The lowest BCUT2D eigenvalue weighted by molar-refractivity contribution is -0.328. The van der Waals surface area contributed by atoms with E-state index in [1.165, 1.54) is 0 Å². The van der Waals surface area contributed by atoms with Gasteiger partial charge in [-0.2, -0.15) is 0 Å². The van der Waals surface area contributed by atoms with Crippen LogP contribution >= 0.6 is 0 Å². The van der Waals surface area contributed by atoms with Crippen LogP contribution in [0.3, 0.4) is 0 Å². The highest BCUT2D eigenvalue weighted by molar-refractivity contribution is 5.85. The fraction of sp³-hybridized carbons (Fsp3) is 0.714. The third-order valence-electron chi connectivity index (χ3n) is 2.21. The maximum atomic E-state index is 11.1. The van der Waals surface area contributed by atoms with Crippen LogP contribution in [0.15, 0.2) is 0 Å². The number of rotatable bonds is 0. The zero-order valence-electron chi connectivity index (χ0n) is 7.44. The minimum atomic E-state index is -1.99. The van der Waals surface area contributed by atoms with Crippen molar-refractivity contribution in [3.8, 4) is 0 Å². The standard InChI is InChI=1S/C7H9NO7/c9-2-1-8-5(2)14-6(12)3(10)4(11)7(13)15-8/h2-5,9-11H,1H2. The molecule has 2 heterocycles. The number of nitrogens with zero attached hydrogens (tertiary/aromatic N) is 1. The summed E-state index contributed by atoms with van der Waals surface area (Å²) in [5.41, 5.74) is 0. The quantitative estimate of drug-likeness (QED) is 0.363. The molecule has 2 aliphatic heterocycles. The molecular weight excluding hydrogens is 210 g/mol. The van der Waals surface area contributed by atoms with Crippen molar-refractivity contribution in [2.75, 3.05) is 6.54 Å². The topological polar surface area (TPSA) is 117 Å². The molecule has 3 N–H and O–H groups in total. The monoisotopic (exact) mass is 219 g/mol. The second kappa shape index (κ2) is 3.42. The molecule has 0 spiro atoms. The molecule has 15 heavy (non-hydrogen) atoms. The van der Waals surface area contributed by atoms with E-state index in [4.69, 9.17) is 15.3 Å². The molecule has 2 saturated heterocycles. The normalized spacial score (nSPS) is 41.8. The van der Waals surface area contributed by atoms with Gasteiger partial charge in [0, 0.05) is 0 Å². The number of ether oxygens (including phenoxy) is 1. The highest BCUT2D eigenvalue weighted by Gasteiger charge is 2.49. The smallest absolute Gasteiger partial charge is 0.357 e. The van der Waals surface area contributed by atoms with Crippen LogP contribution in [0.25, 0.3) is 0 Å². The molecule has 0 aliphatic carbocycles. The van der Waals surface area contributed by atoms with Crippen LogP contribution < -0.4 is 0 Å². The molecule has 84 valence electrons. The van der Waals surface area contributed by atoms with Gasteiger partial charge in [0.1, 0.15) is 6.10 Å². The van der Waals surface area contributed by atoms with Gasteiger partial charge in [-0.3, -0.25) is 0 Å². The van der Waals surface area contributed by atoms with Gasteiger partial charge in [0.25, 0.3) is 0 Å². The number of hydroxylamine groups is 2. The van der Waals surface area contributed by atoms with E-state index in [0.717, 1.165) is 5.06 Å². The van der Waals surface area contributed by atoms with E-state index in [1.807, 2.05) is 0 Å². The van der Waals surface area contributed by atoms with Gasteiger partial charge in [0.15, 0.2) is 12.2 Å². The number of carbonyl (C=O) groups is 2. The Morgan fingerprint density at radius 2 is 1.73 bits per heavy atom. The third kappa shape index (κ3) is 1.57. The summed E-state index contributed by atoms with van der Waals surface area (Å²) in [6.45, 7) is -0.00744. The average Bonchev–Trinajstić information content (AvgIpc) is 2.21. The summed E-state index contributed by atoms with van der Waals surface area (Å²) in [5.74, 6) is -2.33. The highest BCUT2D eigenvalue weighted by atomic mass is 16.8. The maximum Gasteiger partial charge on any atom is 0.357 e. The minimum absolute atomic E-state index is 0.00744. The van der Waals surface area contributed by atoms with Crippen molar-refractivity contribution in [3.63, 3.8) is 0 Å². The summed E-state index contributed by atoms with van der Waals surface area (Å²) in [6.07, 6.45) is -6.04. The number of aliphatic hydroxyl groups is 3. The lowest BCUT2D eigenvalue weighted by atomic mass is 10.1. The first-order valence-corrected chi connectivity index (χ1v) is 4.24. The van der Waals surface area contributed by atoms with Gasteiger partial charge in [-0.25, -0.2) is 9.59 Å². The van der Waals surface area contributed by atoms with Gasteiger partial charge >= 0.3 is 11.9 Å². The molecule has 0 aromatic rings. The zero-order valence-corrected chi connectivity index (χ0v) is 7.44. The Balaban J connectivity index is 2.15. The zero-order chi connectivity index (χ0) is 11.2. The summed E-state index contributed by atoms with van der Waals surface area (Å²) < 4.78 is 4.58. The molecule has 2 aliphatic rings. The number of fused-ring (bicyclic) bond motifs is 1. The van der Waals surface area contributed by atoms with Crippen molar-refractivity contribution in [1.82, 2.24) is 5.06 Å². The van der Waals surface area contributed by atoms with Crippen LogP contribution in [0.2, 0.25) is 0 Å². The van der Waals surface area contributed by atoms with E-state index >= 15 is 0 Å². The molecule has 8 heteroatoms. The molecule has 0 saturated carbocycles. The van der Waals surface area contributed by atoms with Crippen LogP contribution in [-0.4, -0.2) is 63.4 Å². The Hall–Kier alpha value is -1.22. The van der Waals surface area contributed by atoms with Crippen LogP contribution in [0.1, 0.15) is 0 Å². The van der Waals surface area contributed by atoms with Crippen molar-refractivity contribution in [1.29, 1.82) is 0 Å². The second-order valence-electron chi connectivity index (χ2n) is 3.29. The molecule has 0 radical (unpaired) electrons. The van der Waals surface area contributed by atoms with Crippen LogP contribution in [0.4, 0.5) is 0 Å². The molecule has 2 rings (SSSR count). The predicted molar refractivity (Wildman–Crippen MR) is 40.7 cm³/mol. The predicted octanol–water partition coefficient (Wildman–Crippen LogP) is -3.27. The number of hydrogen-bond acceptors (Lipinski definition) is 8. The summed E-state index contributed by atoms with van der Waals surface area (Å²) in [4.78, 5) is 26.7. The number of aliphatic hydroxyl groups excluding tert-OH is 3. The van der Waals surface area contributed by atoms with Crippen molar-refractivity contribution in [3.05, 3.63) is 0 Å². The average molecular weight is 219 g/mol. The Morgan fingerprint density at radius 3 is 2.33 bits per heavy atom. The molecule has 0 aromatic carbocycles. The van der Waals surface area contributed by atoms with Crippen LogP contribution in [0, 0.1) is 0 Å².